The zero-order valence-electron chi connectivity index (χ0n) is 15.1. The number of carbonyl (C=O) groups is 3. The molecule has 0 saturated heterocycles. The fourth-order valence-corrected chi connectivity index (χ4v) is 4.21. The third-order valence-corrected chi connectivity index (χ3v) is 5.67. The number of ether oxygens (including phenoxy) is 1. The molecule has 2 aromatic rings. The molecule has 3 rings (SSSR count). The van der Waals surface area contributed by atoms with E-state index in [0.29, 0.717) is 10.8 Å². The molecule has 0 radical (unpaired) electrons. The molecule has 1 aliphatic rings. The smallest absolute Gasteiger partial charge is 0.348 e. The van der Waals surface area contributed by atoms with Crippen LogP contribution in [0, 0.1) is 11.7 Å². The van der Waals surface area contributed by atoms with Gasteiger partial charge in [-0.2, -0.15) is 0 Å². The van der Waals surface area contributed by atoms with E-state index in [2.05, 4.69) is 12.2 Å². The van der Waals surface area contributed by atoms with Crippen LogP contribution in [0.15, 0.2) is 24.3 Å². The highest BCUT2D eigenvalue weighted by Gasteiger charge is 2.22. The molecule has 1 aliphatic carbocycles. The van der Waals surface area contributed by atoms with Crippen LogP contribution in [0.25, 0.3) is 0 Å². The van der Waals surface area contributed by atoms with Crippen molar-refractivity contribution in [2.24, 2.45) is 5.92 Å². The molecule has 0 fully saturated rings. The number of fused-ring (bicyclic) bond motifs is 1. The second-order valence-corrected chi connectivity index (χ2v) is 7.92. The highest BCUT2D eigenvalue weighted by Crippen LogP contribution is 2.32. The van der Waals surface area contributed by atoms with E-state index in [1.54, 1.807) is 0 Å². The fourth-order valence-electron chi connectivity index (χ4n) is 3.11. The van der Waals surface area contributed by atoms with Gasteiger partial charge >= 0.3 is 5.97 Å². The molecule has 1 heterocycles. The van der Waals surface area contributed by atoms with Crippen molar-refractivity contribution in [3.63, 3.8) is 0 Å². The van der Waals surface area contributed by atoms with Crippen molar-refractivity contribution in [3.8, 4) is 0 Å². The first-order chi connectivity index (χ1) is 12.8. The van der Waals surface area contributed by atoms with Gasteiger partial charge in [0.1, 0.15) is 10.7 Å². The summed E-state index contributed by atoms with van der Waals surface area (Å²) in [6.07, 6.45) is 3.01. The maximum Gasteiger partial charge on any atom is 0.348 e. The van der Waals surface area contributed by atoms with Gasteiger partial charge in [-0.1, -0.05) is 6.92 Å². The van der Waals surface area contributed by atoms with Gasteiger partial charge in [0.2, 0.25) is 11.7 Å². The topological polar surface area (TPSA) is 72.5 Å². The number of thiophene rings is 1. The average Bonchev–Trinajstić information content (AvgIpc) is 3.02. The number of hydrogen-bond acceptors (Lipinski definition) is 5. The summed E-state index contributed by atoms with van der Waals surface area (Å²) in [6, 6.07) is 5.59. The zero-order chi connectivity index (χ0) is 19.6. The molecule has 5 nitrogen and oxygen atoms in total. The molecule has 142 valence electrons. The SMILES string of the molecule is CC(=O)Nc1ccc(C(=O)COC(=O)c2cc3c(s2)CC[C@@H](C)C3)c(F)c1. The summed E-state index contributed by atoms with van der Waals surface area (Å²) in [5, 5.41) is 2.44. The van der Waals surface area contributed by atoms with Crippen molar-refractivity contribution < 1.29 is 23.5 Å². The first kappa shape index (κ1) is 19.2. The lowest BCUT2D eigenvalue weighted by Crippen LogP contribution is -2.15. The number of esters is 1. The number of aryl methyl sites for hydroxylation is 1. The second kappa shape index (κ2) is 8.00. The Morgan fingerprint density at radius 2 is 2.07 bits per heavy atom. The Kier molecular flexibility index (Phi) is 5.70. The summed E-state index contributed by atoms with van der Waals surface area (Å²) in [6.45, 7) is 2.96. The lowest BCUT2D eigenvalue weighted by atomic mass is 9.90. The van der Waals surface area contributed by atoms with E-state index in [9.17, 15) is 18.8 Å². The number of anilines is 1. The van der Waals surface area contributed by atoms with Crippen molar-refractivity contribution in [1.29, 1.82) is 0 Å². The molecule has 0 bridgehead atoms. The summed E-state index contributed by atoms with van der Waals surface area (Å²) in [7, 11) is 0. The van der Waals surface area contributed by atoms with Crippen LogP contribution in [0.2, 0.25) is 0 Å². The van der Waals surface area contributed by atoms with Crippen LogP contribution in [0.4, 0.5) is 10.1 Å². The molecule has 1 N–H and O–H groups in total. The normalized spacial score (nSPS) is 15.7. The Hall–Kier alpha value is -2.54. The van der Waals surface area contributed by atoms with E-state index in [1.807, 2.05) is 6.07 Å². The molecule has 0 saturated carbocycles. The minimum Gasteiger partial charge on any atom is -0.453 e. The van der Waals surface area contributed by atoms with Gasteiger partial charge in [-0.25, -0.2) is 9.18 Å². The number of hydrogen-bond donors (Lipinski definition) is 1. The van der Waals surface area contributed by atoms with Crippen molar-refractivity contribution in [3.05, 3.63) is 51.0 Å². The summed E-state index contributed by atoms with van der Waals surface area (Å²) in [5.41, 5.74) is 1.25. The van der Waals surface area contributed by atoms with Crippen molar-refractivity contribution in [1.82, 2.24) is 0 Å². The quantitative estimate of drug-likeness (QED) is 0.619. The van der Waals surface area contributed by atoms with Crippen LogP contribution < -0.4 is 5.32 Å². The highest BCUT2D eigenvalue weighted by atomic mass is 32.1. The van der Waals surface area contributed by atoms with Crippen LogP contribution in [0.3, 0.4) is 0 Å². The average molecular weight is 389 g/mol. The standard InChI is InChI=1S/C20H20FNO4S/c1-11-3-6-18-13(7-11)8-19(27-18)20(25)26-10-17(24)15-5-4-14(9-16(15)21)22-12(2)23/h4-5,8-9,11H,3,6-7,10H2,1-2H3,(H,22,23)/t11-/m1/s1. The third kappa shape index (κ3) is 4.60. The molecule has 1 amide bonds. The Morgan fingerprint density at radius 1 is 1.30 bits per heavy atom. The number of nitrogens with one attached hydrogen (secondary N) is 1. The molecule has 0 aliphatic heterocycles. The van der Waals surface area contributed by atoms with Gasteiger partial charge in [0, 0.05) is 17.5 Å². The number of Topliss-reactive ketones (excluding diaryl/α,β-unsaturated/α-hetero) is 1. The third-order valence-electron chi connectivity index (χ3n) is 4.45. The van der Waals surface area contributed by atoms with E-state index in [-0.39, 0.29) is 17.2 Å². The van der Waals surface area contributed by atoms with E-state index >= 15 is 0 Å². The Balaban J connectivity index is 1.62. The summed E-state index contributed by atoms with van der Waals surface area (Å²) in [5.74, 6) is -1.71. The molecule has 1 atom stereocenters. The molecule has 7 heteroatoms. The molecule has 27 heavy (non-hydrogen) atoms. The molecular weight excluding hydrogens is 369 g/mol. The molecule has 1 aromatic heterocycles. The minimum atomic E-state index is -0.775. The van der Waals surface area contributed by atoms with Gasteiger partial charge in [-0.15, -0.1) is 11.3 Å². The number of benzene rings is 1. The maximum atomic E-state index is 14.1. The van der Waals surface area contributed by atoms with Crippen LogP contribution in [0.1, 0.15) is 50.7 Å². The van der Waals surface area contributed by atoms with Crippen LogP contribution in [0.5, 0.6) is 0 Å². The molecule has 1 aromatic carbocycles. The number of rotatable bonds is 5. The van der Waals surface area contributed by atoms with Crippen molar-refractivity contribution >= 4 is 34.7 Å². The Morgan fingerprint density at radius 3 is 2.78 bits per heavy atom. The van der Waals surface area contributed by atoms with Gasteiger partial charge < -0.3 is 10.1 Å². The molecular formula is C20H20FNO4S. The summed E-state index contributed by atoms with van der Waals surface area (Å²) in [4.78, 5) is 37.1. The Bertz CT molecular complexity index is 905. The van der Waals surface area contributed by atoms with Crippen LogP contribution in [-0.2, 0) is 22.4 Å². The largest absolute Gasteiger partial charge is 0.453 e. The van der Waals surface area contributed by atoms with Crippen LogP contribution in [-0.4, -0.2) is 24.3 Å². The molecule has 0 unspecified atom stereocenters. The first-order valence-corrected chi connectivity index (χ1v) is 9.54. The van der Waals surface area contributed by atoms with Gasteiger partial charge in [-0.05, 0) is 55.0 Å². The highest BCUT2D eigenvalue weighted by molar-refractivity contribution is 7.14. The van der Waals surface area contributed by atoms with E-state index in [4.69, 9.17) is 4.74 Å². The van der Waals surface area contributed by atoms with Gasteiger partial charge in [-0.3, -0.25) is 9.59 Å². The fraction of sp³-hybridized carbons (Fsp3) is 0.350. The minimum absolute atomic E-state index is 0.184. The number of amides is 1. The second-order valence-electron chi connectivity index (χ2n) is 6.78. The van der Waals surface area contributed by atoms with Crippen molar-refractivity contribution in [2.45, 2.75) is 33.1 Å². The first-order valence-electron chi connectivity index (χ1n) is 8.72. The van der Waals surface area contributed by atoms with E-state index < -0.39 is 24.2 Å². The Labute approximate surface area is 160 Å². The van der Waals surface area contributed by atoms with Gasteiger partial charge in [0.15, 0.2) is 6.61 Å². The monoisotopic (exact) mass is 389 g/mol. The van der Waals surface area contributed by atoms with Crippen molar-refractivity contribution in [2.75, 3.05) is 11.9 Å². The van der Waals surface area contributed by atoms with Crippen LogP contribution >= 0.6 is 11.3 Å². The number of halogens is 1. The summed E-state index contributed by atoms with van der Waals surface area (Å²) < 4.78 is 19.2. The summed E-state index contributed by atoms with van der Waals surface area (Å²) >= 11 is 1.40. The number of ketones is 1. The number of carbonyl (C=O) groups excluding carboxylic acids is 3. The predicted molar refractivity (Wildman–Crippen MR) is 101 cm³/mol. The maximum absolute atomic E-state index is 14.1. The lowest BCUT2D eigenvalue weighted by molar-refractivity contribution is -0.114. The van der Waals surface area contributed by atoms with Gasteiger partial charge in [0.05, 0.1) is 5.56 Å². The zero-order valence-corrected chi connectivity index (χ0v) is 16.0. The van der Waals surface area contributed by atoms with E-state index in [1.165, 1.54) is 40.8 Å². The molecule has 0 spiro atoms. The van der Waals surface area contributed by atoms with Gasteiger partial charge in [0.25, 0.3) is 0 Å². The predicted octanol–water partition coefficient (Wildman–Crippen LogP) is 4.01. The van der Waals surface area contributed by atoms with E-state index in [0.717, 1.165) is 25.3 Å². The lowest BCUT2D eigenvalue weighted by Gasteiger charge is -2.16.